The first-order chi connectivity index (χ1) is 14.0. The molecule has 0 spiro atoms. The van der Waals surface area contributed by atoms with E-state index < -0.39 is 17.5 Å². The van der Waals surface area contributed by atoms with Crippen LogP contribution in [0.1, 0.15) is 0 Å². The topological polar surface area (TPSA) is 107 Å². The summed E-state index contributed by atoms with van der Waals surface area (Å²) < 4.78 is 3.84. The van der Waals surface area contributed by atoms with E-state index in [9.17, 15) is 14.7 Å². The molecule has 0 aliphatic heterocycles. The summed E-state index contributed by atoms with van der Waals surface area (Å²) in [5, 5.41) is 13.3. The SMILES string of the molecule is Cn1c(=O)c2c(ncn2CC(O)Nc2ccc(-c3ccccc3)cn2)n(C)c1=O. The van der Waals surface area contributed by atoms with E-state index in [0.717, 1.165) is 15.7 Å². The zero-order valence-electron chi connectivity index (χ0n) is 16.0. The summed E-state index contributed by atoms with van der Waals surface area (Å²) in [7, 11) is 2.96. The Morgan fingerprint density at radius 1 is 1.00 bits per heavy atom. The van der Waals surface area contributed by atoms with Gasteiger partial charge >= 0.3 is 5.69 Å². The first kappa shape index (κ1) is 18.6. The maximum atomic E-state index is 12.5. The Morgan fingerprint density at radius 2 is 1.76 bits per heavy atom. The van der Waals surface area contributed by atoms with E-state index in [-0.39, 0.29) is 17.7 Å². The summed E-state index contributed by atoms with van der Waals surface area (Å²) >= 11 is 0. The second-order valence-electron chi connectivity index (χ2n) is 6.73. The van der Waals surface area contributed by atoms with Crippen LogP contribution in [-0.2, 0) is 20.6 Å². The predicted octanol–water partition coefficient (Wildman–Crippen LogP) is 0.926. The second-order valence-corrected chi connectivity index (χ2v) is 6.73. The largest absolute Gasteiger partial charge is 0.372 e. The molecule has 0 saturated heterocycles. The van der Waals surface area contributed by atoms with Crippen LogP contribution in [0.5, 0.6) is 0 Å². The van der Waals surface area contributed by atoms with Crippen LogP contribution in [0.25, 0.3) is 22.3 Å². The van der Waals surface area contributed by atoms with Gasteiger partial charge in [0.2, 0.25) is 0 Å². The normalized spacial score (nSPS) is 12.2. The van der Waals surface area contributed by atoms with Crippen molar-refractivity contribution in [1.82, 2.24) is 23.7 Å². The van der Waals surface area contributed by atoms with Crippen LogP contribution < -0.4 is 16.6 Å². The van der Waals surface area contributed by atoms with Crippen molar-refractivity contribution in [3.05, 3.63) is 75.8 Å². The summed E-state index contributed by atoms with van der Waals surface area (Å²) in [6.07, 6.45) is 2.15. The number of rotatable bonds is 5. The van der Waals surface area contributed by atoms with E-state index in [0.29, 0.717) is 5.82 Å². The minimum absolute atomic E-state index is 0.0616. The fourth-order valence-corrected chi connectivity index (χ4v) is 3.22. The number of aliphatic hydroxyl groups excluding tert-OH is 1. The average molecular weight is 392 g/mol. The molecule has 0 amide bonds. The van der Waals surface area contributed by atoms with E-state index in [1.54, 1.807) is 19.3 Å². The van der Waals surface area contributed by atoms with Gasteiger partial charge in [-0.1, -0.05) is 30.3 Å². The van der Waals surface area contributed by atoms with Gasteiger partial charge in [0.15, 0.2) is 11.2 Å². The van der Waals surface area contributed by atoms with Gasteiger partial charge in [0.1, 0.15) is 12.0 Å². The highest BCUT2D eigenvalue weighted by atomic mass is 16.3. The van der Waals surface area contributed by atoms with Gasteiger partial charge < -0.3 is 15.0 Å². The molecule has 9 nitrogen and oxygen atoms in total. The van der Waals surface area contributed by atoms with Crippen molar-refractivity contribution in [2.24, 2.45) is 14.1 Å². The molecule has 1 unspecified atom stereocenters. The van der Waals surface area contributed by atoms with Crippen molar-refractivity contribution in [2.75, 3.05) is 5.32 Å². The molecule has 0 bridgehead atoms. The lowest BCUT2D eigenvalue weighted by Gasteiger charge is -2.15. The van der Waals surface area contributed by atoms with Gasteiger partial charge in [-0.2, -0.15) is 0 Å². The minimum Gasteiger partial charge on any atom is -0.372 e. The van der Waals surface area contributed by atoms with Crippen LogP contribution in [0.3, 0.4) is 0 Å². The van der Waals surface area contributed by atoms with E-state index in [1.165, 1.54) is 22.5 Å². The standard InChI is InChI=1S/C20H20N6O3/c1-24-18-17(19(28)25(2)20(24)29)26(12-22-18)11-16(27)23-15-9-8-14(10-21-15)13-6-4-3-5-7-13/h3-10,12,16,27H,11H2,1-2H3,(H,21,23). The molecule has 29 heavy (non-hydrogen) atoms. The summed E-state index contributed by atoms with van der Waals surface area (Å²) in [5.41, 5.74) is 1.64. The second kappa shape index (κ2) is 7.36. The summed E-state index contributed by atoms with van der Waals surface area (Å²) in [6, 6.07) is 13.6. The molecular weight excluding hydrogens is 372 g/mol. The number of fused-ring (bicyclic) bond motifs is 1. The molecule has 0 fully saturated rings. The number of nitrogens with zero attached hydrogens (tertiary/aromatic N) is 5. The third kappa shape index (κ3) is 3.43. The van der Waals surface area contributed by atoms with Crippen LogP contribution >= 0.6 is 0 Å². The van der Waals surface area contributed by atoms with Gasteiger partial charge in [-0.05, 0) is 17.7 Å². The fourth-order valence-electron chi connectivity index (χ4n) is 3.22. The van der Waals surface area contributed by atoms with Gasteiger partial charge in [0.25, 0.3) is 5.56 Å². The molecule has 2 N–H and O–H groups in total. The molecule has 9 heteroatoms. The van der Waals surface area contributed by atoms with Gasteiger partial charge in [-0.3, -0.25) is 13.9 Å². The Balaban J connectivity index is 1.54. The predicted molar refractivity (Wildman–Crippen MR) is 110 cm³/mol. The highest BCUT2D eigenvalue weighted by Crippen LogP contribution is 2.19. The lowest BCUT2D eigenvalue weighted by atomic mass is 10.1. The number of pyridine rings is 1. The number of anilines is 1. The van der Waals surface area contributed by atoms with Crippen molar-refractivity contribution >= 4 is 17.0 Å². The Morgan fingerprint density at radius 3 is 2.45 bits per heavy atom. The molecule has 148 valence electrons. The Hall–Kier alpha value is -3.72. The Labute approximate surface area is 165 Å². The number of hydrogen-bond donors (Lipinski definition) is 2. The van der Waals surface area contributed by atoms with Gasteiger partial charge in [0, 0.05) is 25.9 Å². The molecule has 1 atom stereocenters. The molecule has 0 saturated carbocycles. The van der Waals surface area contributed by atoms with E-state index >= 15 is 0 Å². The molecule has 0 aliphatic carbocycles. The van der Waals surface area contributed by atoms with Gasteiger partial charge in [-0.15, -0.1) is 0 Å². The minimum atomic E-state index is -1.01. The van der Waals surface area contributed by atoms with E-state index in [2.05, 4.69) is 15.3 Å². The molecule has 4 aromatic rings. The van der Waals surface area contributed by atoms with Gasteiger partial charge in [0.05, 0.1) is 12.9 Å². The average Bonchev–Trinajstić information content (AvgIpc) is 3.15. The summed E-state index contributed by atoms with van der Waals surface area (Å²) in [5.74, 6) is 0.502. The zero-order valence-corrected chi connectivity index (χ0v) is 16.0. The number of aromatic nitrogens is 5. The Bertz CT molecular complexity index is 1270. The quantitative estimate of drug-likeness (QED) is 0.489. The third-order valence-corrected chi connectivity index (χ3v) is 4.77. The third-order valence-electron chi connectivity index (χ3n) is 4.77. The number of nitrogens with one attached hydrogen (secondary N) is 1. The highest BCUT2D eigenvalue weighted by molar-refractivity contribution is 5.70. The smallest absolute Gasteiger partial charge is 0.332 e. The van der Waals surface area contributed by atoms with Crippen LogP contribution in [-0.4, -0.2) is 35.0 Å². The number of benzene rings is 1. The van der Waals surface area contributed by atoms with Crippen LogP contribution in [0.2, 0.25) is 0 Å². The number of hydrogen-bond acceptors (Lipinski definition) is 6. The van der Waals surface area contributed by atoms with Crippen molar-refractivity contribution in [2.45, 2.75) is 12.8 Å². The fraction of sp³-hybridized carbons (Fsp3) is 0.200. The maximum Gasteiger partial charge on any atom is 0.332 e. The van der Waals surface area contributed by atoms with E-state index in [4.69, 9.17) is 0 Å². The maximum absolute atomic E-state index is 12.5. The molecule has 0 radical (unpaired) electrons. The van der Waals surface area contributed by atoms with Crippen molar-refractivity contribution in [3.63, 3.8) is 0 Å². The zero-order chi connectivity index (χ0) is 20.5. The summed E-state index contributed by atoms with van der Waals surface area (Å²) in [6.45, 7) is 0.0616. The first-order valence-electron chi connectivity index (χ1n) is 9.02. The number of aryl methyl sites for hydroxylation is 1. The van der Waals surface area contributed by atoms with Crippen LogP contribution in [0, 0.1) is 0 Å². The molecular formula is C20H20N6O3. The first-order valence-corrected chi connectivity index (χ1v) is 9.02. The molecule has 4 rings (SSSR count). The molecule has 1 aromatic carbocycles. The summed E-state index contributed by atoms with van der Waals surface area (Å²) in [4.78, 5) is 33.0. The lowest BCUT2D eigenvalue weighted by Crippen LogP contribution is -2.38. The van der Waals surface area contributed by atoms with Crippen molar-refractivity contribution in [1.29, 1.82) is 0 Å². The van der Waals surface area contributed by atoms with Crippen molar-refractivity contribution in [3.8, 4) is 11.1 Å². The Kier molecular flexibility index (Phi) is 4.73. The lowest BCUT2D eigenvalue weighted by molar-refractivity contribution is 0.183. The monoisotopic (exact) mass is 392 g/mol. The van der Waals surface area contributed by atoms with Crippen LogP contribution in [0.4, 0.5) is 5.82 Å². The molecule has 0 aliphatic rings. The van der Waals surface area contributed by atoms with Gasteiger partial charge in [-0.25, -0.2) is 14.8 Å². The van der Waals surface area contributed by atoms with Crippen LogP contribution in [0.15, 0.2) is 64.6 Å². The highest BCUT2D eigenvalue weighted by Gasteiger charge is 2.16. The number of imidazole rings is 1. The van der Waals surface area contributed by atoms with E-state index in [1.807, 2.05) is 36.4 Å². The number of aliphatic hydroxyl groups is 1. The molecule has 3 aromatic heterocycles. The molecule has 3 heterocycles. The van der Waals surface area contributed by atoms with Crippen molar-refractivity contribution < 1.29 is 5.11 Å².